The summed E-state index contributed by atoms with van der Waals surface area (Å²) in [5, 5.41) is 18.1. The number of rotatable bonds is 5. The second-order valence-corrected chi connectivity index (χ2v) is 7.33. The molecular formula is C20H12Cl2FN3O4. The first kappa shape index (κ1) is 20.1. The van der Waals surface area contributed by atoms with Gasteiger partial charge in [0, 0.05) is 21.0 Å². The molecule has 2 N–H and O–H groups in total. The minimum absolute atomic E-state index is 0.0214. The number of nitrogens with one attached hydrogen (secondary N) is 1. The van der Waals surface area contributed by atoms with Crippen LogP contribution in [0, 0.1) is 5.82 Å². The third-order valence-corrected chi connectivity index (χ3v) is 5.04. The lowest BCUT2D eigenvalue weighted by molar-refractivity contribution is 0.0695. The van der Waals surface area contributed by atoms with Crippen molar-refractivity contribution < 1.29 is 18.7 Å². The van der Waals surface area contributed by atoms with Gasteiger partial charge >= 0.3 is 5.97 Å². The quantitative estimate of drug-likeness (QED) is 0.473. The normalized spacial score (nSPS) is 11.2. The van der Waals surface area contributed by atoms with Gasteiger partial charge in [0.2, 0.25) is 11.8 Å². The van der Waals surface area contributed by atoms with Gasteiger partial charge < -0.3 is 14.5 Å². The second kappa shape index (κ2) is 7.89. The predicted molar refractivity (Wildman–Crippen MR) is 108 cm³/mol. The number of H-pyrrole nitrogens is 1. The number of benzene rings is 2. The molecule has 0 saturated heterocycles. The Labute approximate surface area is 178 Å². The standard InChI is InChI=1S/C20H12Cl2FN3O4/c21-11-4-9-6-13(20(28)29)19(27)24-18(9)10(5-11)7-16-25-26-17(30-16)8-12-14(22)2-1-3-15(12)23/h1-6H,7-8H2,(H,24,27)(H,28,29). The molecule has 0 aliphatic heterocycles. The molecule has 0 unspecified atom stereocenters. The summed E-state index contributed by atoms with van der Waals surface area (Å²) in [4.78, 5) is 25.8. The fraction of sp³-hybridized carbons (Fsp3) is 0.100. The van der Waals surface area contributed by atoms with Gasteiger partial charge in [0.05, 0.1) is 18.4 Å². The van der Waals surface area contributed by atoms with Gasteiger partial charge in [-0.2, -0.15) is 0 Å². The van der Waals surface area contributed by atoms with Crippen molar-refractivity contribution in [3.05, 3.63) is 91.1 Å². The third kappa shape index (κ3) is 3.92. The van der Waals surface area contributed by atoms with Crippen LogP contribution in [0.25, 0.3) is 10.9 Å². The molecule has 0 radical (unpaired) electrons. The number of aromatic nitrogens is 3. The minimum Gasteiger partial charge on any atom is -0.477 e. The molecule has 4 aromatic rings. The Balaban J connectivity index is 1.67. The number of carboxylic acids is 1. The molecule has 0 bridgehead atoms. The number of hydrogen-bond donors (Lipinski definition) is 2. The maximum atomic E-state index is 14.0. The zero-order valence-corrected chi connectivity index (χ0v) is 16.6. The van der Waals surface area contributed by atoms with E-state index in [9.17, 15) is 14.0 Å². The van der Waals surface area contributed by atoms with Crippen molar-refractivity contribution in [1.82, 2.24) is 15.2 Å². The lowest BCUT2D eigenvalue weighted by atomic mass is 10.1. The van der Waals surface area contributed by atoms with E-state index in [0.29, 0.717) is 21.5 Å². The van der Waals surface area contributed by atoms with E-state index in [4.69, 9.17) is 32.7 Å². The van der Waals surface area contributed by atoms with E-state index >= 15 is 0 Å². The van der Waals surface area contributed by atoms with E-state index in [1.165, 1.54) is 18.2 Å². The molecule has 7 nitrogen and oxygen atoms in total. The van der Waals surface area contributed by atoms with E-state index in [1.807, 2.05) is 0 Å². The van der Waals surface area contributed by atoms with Gasteiger partial charge in [-0.15, -0.1) is 10.2 Å². The van der Waals surface area contributed by atoms with Gasteiger partial charge in [0.25, 0.3) is 5.56 Å². The first-order chi connectivity index (χ1) is 14.3. The van der Waals surface area contributed by atoms with Crippen LogP contribution in [0.3, 0.4) is 0 Å². The van der Waals surface area contributed by atoms with Crippen LogP contribution < -0.4 is 5.56 Å². The van der Waals surface area contributed by atoms with Crippen molar-refractivity contribution in [2.45, 2.75) is 12.8 Å². The van der Waals surface area contributed by atoms with Crippen LogP contribution in [-0.4, -0.2) is 26.3 Å². The first-order valence-electron chi connectivity index (χ1n) is 8.64. The highest BCUT2D eigenvalue weighted by Crippen LogP contribution is 2.25. The molecule has 152 valence electrons. The van der Waals surface area contributed by atoms with E-state index in [1.54, 1.807) is 18.2 Å². The van der Waals surface area contributed by atoms with Crippen LogP contribution >= 0.6 is 23.2 Å². The lowest BCUT2D eigenvalue weighted by Gasteiger charge is -2.07. The Morgan fingerprint density at radius 2 is 1.87 bits per heavy atom. The number of carbonyl (C=O) groups is 1. The van der Waals surface area contributed by atoms with Gasteiger partial charge in [-0.05, 0) is 35.9 Å². The molecule has 2 heterocycles. The van der Waals surface area contributed by atoms with Crippen LogP contribution in [-0.2, 0) is 12.8 Å². The number of carboxylic acid groups (broad SMARTS) is 1. The molecule has 0 amide bonds. The Kier molecular flexibility index (Phi) is 5.27. The molecule has 30 heavy (non-hydrogen) atoms. The minimum atomic E-state index is -1.34. The summed E-state index contributed by atoms with van der Waals surface area (Å²) in [5.74, 6) is -1.43. The molecule has 0 aliphatic carbocycles. The molecule has 0 atom stereocenters. The Morgan fingerprint density at radius 3 is 2.57 bits per heavy atom. The number of aromatic carboxylic acids is 1. The molecule has 0 fully saturated rings. The fourth-order valence-electron chi connectivity index (χ4n) is 3.10. The van der Waals surface area contributed by atoms with Crippen molar-refractivity contribution in [3.63, 3.8) is 0 Å². The molecule has 2 aromatic carbocycles. The van der Waals surface area contributed by atoms with Gasteiger partial charge in [0.15, 0.2) is 0 Å². The summed E-state index contributed by atoms with van der Waals surface area (Å²) >= 11 is 12.2. The summed E-state index contributed by atoms with van der Waals surface area (Å²) in [6.07, 6.45) is 0.144. The van der Waals surface area contributed by atoms with Crippen LogP contribution in [0.2, 0.25) is 10.0 Å². The topological polar surface area (TPSA) is 109 Å². The van der Waals surface area contributed by atoms with E-state index < -0.39 is 22.9 Å². The largest absolute Gasteiger partial charge is 0.477 e. The van der Waals surface area contributed by atoms with Crippen molar-refractivity contribution in [3.8, 4) is 0 Å². The first-order valence-corrected chi connectivity index (χ1v) is 9.40. The average molecular weight is 448 g/mol. The van der Waals surface area contributed by atoms with Crippen molar-refractivity contribution >= 4 is 40.1 Å². The maximum Gasteiger partial charge on any atom is 0.341 e. The van der Waals surface area contributed by atoms with Gasteiger partial charge in [-0.3, -0.25) is 4.79 Å². The van der Waals surface area contributed by atoms with Crippen LogP contribution in [0.4, 0.5) is 4.39 Å². The number of hydrogen-bond acceptors (Lipinski definition) is 5. The van der Waals surface area contributed by atoms with Crippen LogP contribution in [0.5, 0.6) is 0 Å². The molecule has 2 aromatic heterocycles. The van der Waals surface area contributed by atoms with Crippen molar-refractivity contribution in [2.24, 2.45) is 0 Å². The second-order valence-electron chi connectivity index (χ2n) is 6.49. The number of pyridine rings is 1. The Hall–Kier alpha value is -3.23. The predicted octanol–water partition coefficient (Wildman–Crippen LogP) is 4.24. The summed E-state index contributed by atoms with van der Waals surface area (Å²) in [7, 11) is 0. The fourth-order valence-corrected chi connectivity index (χ4v) is 3.58. The van der Waals surface area contributed by atoms with Gasteiger partial charge in [-0.1, -0.05) is 29.3 Å². The smallest absolute Gasteiger partial charge is 0.341 e. The number of aromatic amines is 1. The highest BCUT2D eigenvalue weighted by atomic mass is 35.5. The molecule has 4 rings (SSSR count). The zero-order chi connectivity index (χ0) is 21.4. The molecule has 0 spiro atoms. The van der Waals surface area contributed by atoms with Gasteiger partial charge in [0.1, 0.15) is 11.4 Å². The van der Waals surface area contributed by atoms with Crippen LogP contribution in [0.1, 0.15) is 33.3 Å². The molecule has 0 saturated carbocycles. The summed E-state index contributed by atoms with van der Waals surface area (Å²) in [5.41, 5.74) is 0.0848. The van der Waals surface area contributed by atoms with Crippen LogP contribution in [0.15, 0.2) is 45.6 Å². The van der Waals surface area contributed by atoms with Gasteiger partial charge in [-0.25, -0.2) is 9.18 Å². The van der Waals surface area contributed by atoms with Crippen molar-refractivity contribution in [2.75, 3.05) is 0 Å². The Morgan fingerprint density at radius 1 is 1.13 bits per heavy atom. The maximum absolute atomic E-state index is 14.0. The monoisotopic (exact) mass is 447 g/mol. The third-order valence-electron chi connectivity index (χ3n) is 4.47. The number of halogens is 3. The molecule has 10 heteroatoms. The van der Waals surface area contributed by atoms with E-state index in [-0.39, 0.29) is 35.2 Å². The average Bonchev–Trinajstić information content (AvgIpc) is 3.12. The zero-order valence-electron chi connectivity index (χ0n) is 15.1. The lowest BCUT2D eigenvalue weighted by Crippen LogP contribution is -2.17. The highest BCUT2D eigenvalue weighted by Gasteiger charge is 2.16. The van der Waals surface area contributed by atoms with E-state index in [2.05, 4.69) is 15.2 Å². The SMILES string of the molecule is O=C(O)c1cc2cc(Cl)cc(Cc3nnc(Cc4c(F)cccc4Cl)o3)c2[nH]c1=O. The summed E-state index contributed by atoms with van der Waals surface area (Å²) in [6.45, 7) is 0. The summed E-state index contributed by atoms with van der Waals surface area (Å²) < 4.78 is 19.6. The molecule has 0 aliphatic rings. The number of nitrogens with zero attached hydrogens (tertiary/aromatic N) is 2. The Bertz CT molecular complexity index is 1330. The van der Waals surface area contributed by atoms with E-state index in [0.717, 1.165) is 0 Å². The summed E-state index contributed by atoms with van der Waals surface area (Å²) in [6, 6.07) is 8.77. The van der Waals surface area contributed by atoms with Crippen molar-refractivity contribution in [1.29, 1.82) is 0 Å². The molecular weight excluding hydrogens is 436 g/mol. The number of fused-ring (bicyclic) bond motifs is 1. The highest BCUT2D eigenvalue weighted by molar-refractivity contribution is 6.31.